The van der Waals surface area contributed by atoms with Gasteiger partial charge in [-0.1, -0.05) is 47.5 Å². The van der Waals surface area contributed by atoms with E-state index in [1.165, 1.54) is 11.1 Å². The van der Waals surface area contributed by atoms with Gasteiger partial charge in [-0.05, 0) is 67.4 Å². The molecule has 4 heteroatoms. The number of rotatable bonds is 2. The van der Waals surface area contributed by atoms with E-state index in [1.54, 1.807) is 12.1 Å². The Labute approximate surface area is 164 Å². The molecule has 0 atom stereocenters. The van der Waals surface area contributed by atoms with Gasteiger partial charge in [-0.2, -0.15) is 0 Å². The zero-order chi connectivity index (χ0) is 18.8. The number of nitrogens with zero attached hydrogens (tertiary/aromatic N) is 1. The molecular weight excluding hydrogens is 365 g/mol. The largest absolute Gasteiger partial charge is 0.298 e. The van der Waals surface area contributed by atoms with Gasteiger partial charge < -0.3 is 0 Å². The molecule has 0 N–H and O–H groups in total. The molecule has 0 aliphatic carbocycles. The normalized spacial score (nSPS) is 18.7. The second-order valence-corrected chi connectivity index (χ2v) is 7.67. The van der Waals surface area contributed by atoms with E-state index in [0.29, 0.717) is 23.1 Å². The van der Waals surface area contributed by atoms with E-state index in [-0.39, 0.29) is 5.78 Å². The third-order valence-corrected chi connectivity index (χ3v) is 5.36. The number of benzene rings is 2. The van der Waals surface area contributed by atoms with Crippen molar-refractivity contribution in [3.05, 3.63) is 79.8 Å². The molecule has 0 amide bonds. The molecule has 1 heterocycles. The van der Waals surface area contributed by atoms with Crippen molar-refractivity contribution in [3.63, 3.8) is 0 Å². The van der Waals surface area contributed by atoms with Gasteiger partial charge in [-0.3, -0.25) is 9.69 Å². The maximum Gasteiger partial charge on any atom is 0.187 e. The SMILES string of the molecule is Cc1ccc(/C=C2\CN(C)C/C(=C\c3ccc(Cl)c(Cl)c3)C2=O)cc1C. The van der Waals surface area contributed by atoms with Crippen molar-refractivity contribution < 1.29 is 4.79 Å². The van der Waals surface area contributed by atoms with E-state index in [1.807, 2.05) is 25.3 Å². The predicted octanol–water partition coefficient (Wildman–Crippen LogP) is 5.59. The van der Waals surface area contributed by atoms with Crippen molar-refractivity contribution in [2.24, 2.45) is 0 Å². The van der Waals surface area contributed by atoms with Crippen molar-refractivity contribution >= 4 is 41.1 Å². The average molecular weight is 386 g/mol. The fraction of sp³-hybridized carbons (Fsp3) is 0.227. The molecule has 2 aromatic rings. The van der Waals surface area contributed by atoms with Gasteiger partial charge in [0.1, 0.15) is 0 Å². The van der Waals surface area contributed by atoms with E-state index in [0.717, 1.165) is 22.3 Å². The van der Waals surface area contributed by atoms with Crippen LogP contribution in [0.3, 0.4) is 0 Å². The molecule has 0 bridgehead atoms. The lowest BCUT2D eigenvalue weighted by Gasteiger charge is -2.26. The first-order valence-corrected chi connectivity index (χ1v) is 9.26. The Bertz CT molecular complexity index is 854. The fourth-order valence-electron chi connectivity index (χ4n) is 3.07. The molecule has 0 saturated carbocycles. The van der Waals surface area contributed by atoms with Gasteiger partial charge in [0.2, 0.25) is 0 Å². The number of halogens is 2. The lowest BCUT2D eigenvalue weighted by atomic mass is 9.94. The van der Waals surface area contributed by atoms with Crippen LogP contribution in [-0.2, 0) is 4.79 Å². The van der Waals surface area contributed by atoms with Gasteiger partial charge in [0, 0.05) is 24.2 Å². The molecule has 2 aromatic carbocycles. The summed E-state index contributed by atoms with van der Waals surface area (Å²) in [7, 11) is 2.02. The summed E-state index contributed by atoms with van der Waals surface area (Å²) in [5.74, 6) is 0.0902. The number of carbonyl (C=O) groups is 1. The number of hydrogen-bond donors (Lipinski definition) is 0. The molecule has 1 saturated heterocycles. The Morgan fingerprint density at radius 1 is 0.846 bits per heavy atom. The third-order valence-electron chi connectivity index (χ3n) is 4.62. The molecule has 1 aliphatic rings. The topological polar surface area (TPSA) is 20.3 Å². The van der Waals surface area contributed by atoms with E-state index in [2.05, 4.69) is 36.9 Å². The Hall–Kier alpha value is -1.87. The quantitative estimate of drug-likeness (QED) is 0.627. The monoisotopic (exact) mass is 385 g/mol. The second-order valence-electron chi connectivity index (χ2n) is 6.86. The highest BCUT2D eigenvalue weighted by atomic mass is 35.5. The molecule has 3 rings (SSSR count). The summed E-state index contributed by atoms with van der Waals surface area (Å²) in [5.41, 5.74) is 5.96. The summed E-state index contributed by atoms with van der Waals surface area (Å²) in [4.78, 5) is 15.1. The minimum Gasteiger partial charge on any atom is -0.298 e. The van der Waals surface area contributed by atoms with Gasteiger partial charge in [0.05, 0.1) is 10.0 Å². The number of ketones is 1. The van der Waals surface area contributed by atoms with Crippen LogP contribution in [0.4, 0.5) is 0 Å². The van der Waals surface area contributed by atoms with Crippen molar-refractivity contribution in [1.29, 1.82) is 0 Å². The van der Waals surface area contributed by atoms with Crippen LogP contribution in [0, 0.1) is 13.8 Å². The summed E-state index contributed by atoms with van der Waals surface area (Å²) in [6, 6.07) is 11.7. The second kappa shape index (κ2) is 7.79. The smallest absolute Gasteiger partial charge is 0.187 e. The summed E-state index contributed by atoms with van der Waals surface area (Å²) in [5, 5.41) is 1.000. The summed E-state index contributed by atoms with van der Waals surface area (Å²) in [6.45, 7) is 5.43. The first kappa shape index (κ1) is 18.9. The van der Waals surface area contributed by atoms with Gasteiger partial charge in [-0.15, -0.1) is 0 Å². The van der Waals surface area contributed by atoms with Crippen molar-refractivity contribution in [1.82, 2.24) is 4.90 Å². The molecule has 26 heavy (non-hydrogen) atoms. The van der Waals surface area contributed by atoms with Gasteiger partial charge >= 0.3 is 0 Å². The molecule has 2 nitrogen and oxygen atoms in total. The average Bonchev–Trinajstić information content (AvgIpc) is 2.58. The van der Waals surface area contributed by atoms with E-state index >= 15 is 0 Å². The van der Waals surface area contributed by atoms with Crippen LogP contribution in [0.5, 0.6) is 0 Å². The third kappa shape index (κ3) is 4.27. The van der Waals surface area contributed by atoms with Crippen LogP contribution < -0.4 is 0 Å². The minimum absolute atomic E-state index is 0.0902. The molecular formula is C22H21Cl2NO. The predicted molar refractivity (Wildman–Crippen MR) is 111 cm³/mol. The maximum absolute atomic E-state index is 13.0. The first-order valence-electron chi connectivity index (χ1n) is 8.50. The molecule has 0 spiro atoms. The number of likely N-dealkylation sites (N-methyl/N-ethyl adjacent to an activating group) is 1. The number of likely N-dealkylation sites (tertiary alicyclic amines) is 1. The Balaban J connectivity index is 1.94. The molecule has 134 valence electrons. The van der Waals surface area contributed by atoms with Crippen LogP contribution in [0.15, 0.2) is 47.5 Å². The van der Waals surface area contributed by atoms with Gasteiger partial charge in [0.15, 0.2) is 5.78 Å². The Kier molecular flexibility index (Phi) is 5.67. The zero-order valence-electron chi connectivity index (χ0n) is 15.1. The van der Waals surface area contributed by atoms with Crippen LogP contribution >= 0.6 is 23.2 Å². The molecule has 0 unspecified atom stereocenters. The maximum atomic E-state index is 13.0. The van der Waals surface area contributed by atoms with Crippen LogP contribution in [0.25, 0.3) is 12.2 Å². The summed E-state index contributed by atoms with van der Waals surface area (Å²) < 4.78 is 0. The summed E-state index contributed by atoms with van der Waals surface area (Å²) in [6.07, 6.45) is 3.89. The van der Waals surface area contributed by atoms with Crippen LogP contribution in [0.2, 0.25) is 10.0 Å². The summed E-state index contributed by atoms with van der Waals surface area (Å²) >= 11 is 12.1. The number of piperidine rings is 1. The van der Waals surface area contributed by atoms with Crippen LogP contribution in [-0.4, -0.2) is 30.8 Å². The highest BCUT2D eigenvalue weighted by Gasteiger charge is 2.24. The zero-order valence-corrected chi connectivity index (χ0v) is 16.7. The standard InChI is InChI=1S/C22H21Cl2NO/c1-14-4-5-16(8-15(14)2)9-18-12-25(3)13-19(22(18)26)10-17-6-7-20(23)21(24)11-17/h4-11H,12-13H2,1-3H3/b18-9+,19-10+. The van der Waals surface area contributed by atoms with Crippen molar-refractivity contribution in [2.75, 3.05) is 20.1 Å². The Morgan fingerprint density at radius 3 is 2.00 bits per heavy atom. The number of aryl methyl sites for hydroxylation is 2. The van der Waals surface area contributed by atoms with Crippen LogP contribution in [0.1, 0.15) is 22.3 Å². The fourth-order valence-corrected chi connectivity index (χ4v) is 3.38. The van der Waals surface area contributed by atoms with E-state index in [9.17, 15) is 4.79 Å². The van der Waals surface area contributed by atoms with E-state index < -0.39 is 0 Å². The highest BCUT2D eigenvalue weighted by molar-refractivity contribution is 6.42. The molecule has 1 aliphatic heterocycles. The highest BCUT2D eigenvalue weighted by Crippen LogP contribution is 2.26. The minimum atomic E-state index is 0.0902. The number of carbonyl (C=O) groups excluding carboxylic acids is 1. The lowest BCUT2D eigenvalue weighted by molar-refractivity contribution is -0.113. The number of hydrogen-bond acceptors (Lipinski definition) is 2. The Morgan fingerprint density at radius 2 is 1.42 bits per heavy atom. The van der Waals surface area contributed by atoms with Crippen molar-refractivity contribution in [2.45, 2.75) is 13.8 Å². The lowest BCUT2D eigenvalue weighted by Crippen LogP contribution is -2.34. The van der Waals surface area contributed by atoms with E-state index in [4.69, 9.17) is 23.2 Å². The number of Topliss-reactive ketones (excluding diaryl/α,β-unsaturated/α-hetero) is 1. The van der Waals surface area contributed by atoms with Gasteiger partial charge in [0.25, 0.3) is 0 Å². The molecule has 0 aromatic heterocycles. The molecule has 1 fully saturated rings. The van der Waals surface area contributed by atoms with Crippen molar-refractivity contribution in [3.8, 4) is 0 Å². The van der Waals surface area contributed by atoms with Gasteiger partial charge in [-0.25, -0.2) is 0 Å². The first-order chi connectivity index (χ1) is 12.3. The molecule has 0 radical (unpaired) electrons.